The molecule has 1 saturated heterocycles. The van der Waals surface area contributed by atoms with Gasteiger partial charge in [0.15, 0.2) is 0 Å². The molecule has 1 fully saturated rings. The maximum atomic E-state index is 11.5. The summed E-state index contributed by atoms with van der Waals surface area (Å²) in [6.07, 6.45) is 3.05. The van der Waals surface area contributed by atoms with Crippen LogP contribution in [-0.2, 0) is 4.79 Å². The molecule has 1 aliphatic rings. The van der Waals surface area contributed by atoms with Crippen LogP contribution >= 0.6 is 11.3 Å². The van der Waals surface area contributed by atoms with Crippen LogP contribution in [0.3, 0.4) is 0 Å². The summed E-state index contributed by atoms with van der Waals surface area (Å²) in [4.78, 5) is 15.9. The van der Waals surface area contributed by atoms with Gasteiger partial charge in [-0.2, -0.15) is 0 Å². The monoisotopic (exact) mass is 232 g/mol. The first kappa shape index (κ1) is 9.93. The normalized spacial score (nSPS) is 21.5. The third-order valence-corrected chi connectivity index (χ3v) is 3.85. The Hall–Kier alpha value is -1.26. The van der Waals surface area contributed by atoms with Crippen LogP contribution in [0.15, 0.2) is 23.7 Å². The van der Waals surface area contributed by atoms with E-state index in [1.165, 1.54) is 10.1 Å². The highest BCUT2D eigenvalue weighted by atomic mass is 32.1. The molecule has 4 heteroatoms. The summed E-state index contributed by atoms with van der Waals surface area (Å²) in [6, 6.07) is 4.21. The molecule has 1 aliphatic heterocycles. The average molecular weight is 232 g/mol. The molecule has 2 aromatic heterocycles. The van der Waals surface area contributed by atoms with E-state index in [1.54, 1.807) is 11.3 Å². The Morgan fingerprint density at radius 3 is 3.25 bits per heavy atom. The van der Waals surface area contributed by atoms with Gasteiger partial charge in [0, 0.05) is 35.7 Å². The van der Waals surface area contributed by atoms with Gasteiger partial charge in [-0.3, -0.25) is 9.78 Å². The number of piperidine rings is 1. The van der Waals surface area contributed by atoms with Crippen molar-refractivity contribution in [3.05, 3.63) is 29.4 Å². The molecule has 16 heavy (non-hydrogen) atoms. The molecule has 1 N–H and O–H groups in total. The second kappa shape index (κ2) is 3.96. The lowest BCUT2D eigenvalue weighted by atomic mass is 9.99. The zero-order valence-electron chi connectivity index (χ0n) is 8.77. The zero-order valence-corrected chi connectivity index (χ0v) is 9.59. The number of ketones is 1. The van der Waals surface area contributed by atoms with E-state index in [0.717, 1.165) is 12.2 Å². The summed E-state index contributed by atoms with van der Waals surface area (Å²) in [5.74, 6) is 0.331. The number of nitrogens with zero attached hydrogens (tertiary/aromatic N) is 1. The minimum absolute atomic E-state index is 0.0968. The van der Waals surface area contributed by atoms with Crippen LogP contribution in [0.1, 0.15) is 24.6 Å². The van der Waals surface area contributed by atoms with Gasteiger partial charge >= 0.3 is 0 Å². The number of Topliss-reactive ketones (excluding diaryl/α,β-unsaturated/α-hetero) is 1. The molecule has 3 heterocycles. The van der Waals surface area contributed by atoms with E-state index in [1.807, 2.05) is 12.3 Å². The lowest BCUT2D eigenvalue weighted by molar-refractivity contribution is -0.120. The van der Waals surface area contributed by atoms with Crippen LogP contribution in [0.4, 0.5) is 0 Å². The second-order valence-corrected chi connectivity index (χ2v) is 4.98. The summed E-state index contributed by atoms with van der Waals surface area (Å²) in [5.41, 5.74) is 1.02. The van der Waals surface area contributed by atoms with E-state index >= 15 is 0 Å². The number of hydrogen-bond acceptors (Lipinski definition) is 4. The Labute approximate surface area is 97.5 Å². The number of carbonyl (C=O) groups excluding carboxylic acids is 1. The Bertz CT molecular complexity index is 535. The van der Waals surface area contributed by atoms with Gasteiger partial charge < -0.3 is 5.32 Å². The van der Waals surface area contributed by atoms with E-state index < -0.39 is 0 Å². The minimum atomic E-state index is 0.0968. The molecule has 0 aliphatic carbocycles. The molecule has 0 amide bonds. The first-order valence-electron chi connectivity index (χ1n) is 5.42. The van der Waals surface area contributed by atoms with Gasteiger partial charge in [0.05, 0.1) is 11.7 Å². The Morgan fingerprint density at radius 2 is 2.38 bits per heavy atom. The molecule has 1 atom stereocenters. The van der Waals surface area contributed by atoms with Crippen molar-refractivity contribution in [2.45, 2.75) is 18.9 Å². The molecular weight excluding hydrogens is 220 g/mol. The van der Waals surface area contributed by atoms with Gasteiger partial charge in [-0.05, 0) is 17.5 Å². The van der Waals surface area contributed by atoms with E-state index in [4.69, 9.17) is 0 Å². The standard InChI is InChI=1S/C12H12N2OS/c15-8-1-4-13-10(7-8)12-9-3-6-16-11(9)2-5-14-12/h2-3,5-6,10,13H,1,4,7H2. The van der Waals surface area contributed by atoms with Crippen molar-refractivity contribution < 1.29 is 4.79 Å². The number of nitrogens with one attached hydrogen (secondary N) is 1. The molecule has 0 spiro atoms. The molecule has 1 unspecified atom stereocenters. The van der Waals surface area contributed by atoms with E-state index in [-0.39, 0.29) is 6.04 Å². The number of hydrogen-bond donors (Lipinski definition) is 1. The number of thiophene rings is 1. The molecule has 3 nitrogen and oxygen atoms in total. The lowest BCUT2D eigenvalue weighted by Gasteiger charge is -2.22. The Kier molecular flexibility index (Phi) is 2.46. The molecule has 0 aromatic carbocycles. The maximum absolute atomic E-state index is 11.5. The zero-order chi connectivity index (χ0) is 11.0. The summed E-state index contributed by atoms with van der Waals surface area (Å²) in [7, 11) is 0. The van der Waals surface area contributed by atoms with Crippen molar-refractivity contribution in [3.8, 4) is 0 Å². The van der Waals surface area contributed by atoms with E-state index in [0.29, 0.717) is 18.6 Å². The highest BCUT2D eigenvalue weighted by molar-refractivity contribution is 7.17. The molecule has 2 aromatic rings. The van der Waals surface area contributed by atoms with Gasteiger partial charge in [-0.1, -0.05) is 0 Å². The fraction of sp³-hybridized carbons (Fsp3) is 0.333. The SMILES string of the molecule is O=C1CCNC(c2nccc3sccc23)C1. The Balaban J connectivity index is 2.04. The van der Waals surface area contributed by atoms with E-state index in [9.17, 15) is 4.79 Å². The highest BCUT2D eigenvalue weighted by Crippen LogP contribution is 2.29. The van der Waals surface area contributed by atoms with Crippen molar-refractivity contribution in [2.75, 3.05) is 6.54 Å². The molecule has 3 rings (SSSR count). The largest absolute Gasteiger partial charge is 0.308 e. The second-order valence-electron chi connectivity index (χ2n) is 4.03. The minimum Gasteiger partial charge on any atom is -0.308 e. The van der Waals surface area contributed by atoms with Gasteiger partial charge in [0.2, 0.25) is 0 Å². The van der Waals surface area contributed by atoms with E-state index in [2.05, 4.69) is 21.7 Å². The molecule has 0 bridgehead atoms. The van der Waals surface area contributed by atoms with Gasteiger partial charge in [0.25, 0.3) is 0 Å². The van der Waals surface area contributed by atoms with Crippen molar-refractivity contribution >= 4 is 27.2 Å². The molecule has 0 radical (unpaired) electrons. The quantitative estimate of drug-likeness (QED) is 0.820. The number of aromatic nitrogens is 1. The van der Waals surface area contributed by atoms with Crippen molar-refractivity contribution in [1.29, 1.82) is 0 Å². The van der Waals surface area contributed by atoms with Crippen LogP contribution in [0.2, 0.25) is 0 Å². The fourth-order valence-corrected chi connectivity index (χ4v) is 2.96. The van der Waals surface area contributed by atoms with Crippen LogP contribution < -0.4 is 5.32 Å². The van der Waals surface area contributed by atoms with Crippen LogP contribution in [0, 0.1) is 0 Å². The highest BCUT2D eigenvalue weighted by Gasteiger charge is 2.22. The van der Waals surface area contributed by atoms with Crippen LogP contribution in [0.5, 0.6) is 0 Å². The summed E-state index contributed by atoms with van der Waals surface area (Å²) in [6.45, 7) is 0.770. The van der Waals surface area contributed by atoms with Gasteiger partial charge in [-0.25, -0.2) is 0 Å². The molecule has 0 saturated carbocycles. The maximum Gasteiger partial charge on any atom is 0.136 e. The first-order chi connectivity index (χ1) is 7.84. The van der Waals surface area contributed by atoms with Crippen molar-refractivity contribution in [1.82, 2.24) is 10.3 Å². The predicted octanol–water partition coefficient (Wildman–Crippen LogP) is 2.29. The molecular formula is C12H12N2OS. The number of fused-ring (bicyclic) bond motifs is 1. The number of rotatable bonds is 1. The van der Waals surface area contributed by atoms with Crippen molar-refractivity contribution in [3.63, 3.8) is 0 Å². The summed E-state index contributed by atoms with van der Waals surface area (Å²) < 4.78 is 1.24. The van der Waals surface area contributed by atoms with Crippen LogP contribution in [0.25, 0.3) is 10.1 Å². The van der Waals surface area contributed by atoms with Crippen molar-refractivity contribution in [2.24, 2.45) is 0 Å². The van der Waals surface area contributed by atoms with Crippen LogP contribution in [-0.4, -0.2) is 17.3 Å². The number of pyridine rings is 1. The lowest BCUT2D eigenvalue weighted by Crippen LogP contribution is -2.32. The average Bonchev–Trinajstić information content (AvgIpc) is 2.76. The fourth-order valence-electron chi connectivity index (χ4n) is 2.18. The third-order valence-electron chi connectivity index (χ3n) is 2.97. The third kappa shape index (κ3) is 1.64. The smallest absolute Gasteiger partial charge is 0.136 e. The Morgan fingerprint density at radius 1 is 1.44 bits per heavy atom. The summed E-state index contributed by atoms with van der Waals surface area (Å²) >= 11 is 1.71. The topological polar surface area (TPSA) is 42.0 Å². The predicted molar refractivity (Wildman–Crippen MR) is 64.6 cm³/mol. The van der Waals surface area contributed by atoms with Gasteiger partial charge in [0.1, 0.15) is 5.78 Å². The number of carbonyl (C=O) groups is 1. The molecule has 82 valence electrons. The van der Waals surface area contributed by atoms with Gasteiger partial charge in [-0.15, -0.1) is 11.3 Å². The first-order valence-corrected chi connectivity index (χ1v) is 6.30. The summed E-state index contributed by atoms with van der Waals surface area (Å²) in [5, 5.41) is 6.62.